The molecule has 0 aliphatic rings. The number of rotatable bonds is 5. The lowest BCUT2D eigenvalue weighted by Gasteiger charge is -2.09. The lowest BCUT2D eigenvalue weighted by atomic mass is 10.2. The predicted molar refractivity (Wildman–Crippen MR) is 50.1 cm³/mol. The summed E-state index contributed by atoms with van der Waals surface area (Å²) in [6.45, 7) is 1.71. The number of esters is 1. The van der Waals surface area contributed by atoms with Crippen molar-refractivity contribution in [2.24, 2.45) is 0 Å². The van der Waals surface area contributed by atoms with Crippen molar-refractivity contribution in [2.45, 2.75) is 31.4 Å². The van der Waals surface area contributed by atoms with Crippen LogP contribution in [0.3, 0.4) is 0 Å². The van der Waals surface area contributed by atoms with E-state index in [0.717, 1.165) is 0 Å². The Kier molecular flexibility index (Phi) is 5.32. The van der Waals surface area contributed by atoms with Crippen LogP contribution in [0.25, 0.3) is 0 Å². The topological polar surface area (TPSA) is 60.4 Å². The molecule has 0 heterocycles. The zero-order chi connectivity index (χ0) is 10.5. The van der Waals surface area contributed by atoms with E-state index in [1.807, 2.05) is 0 Å². The van der Waals surface area contributed by atoms with E-state index in [0.29, 0.717) is 6.42 Å². The van der Waals surface area contributed by atoms with E-state index in [1.165, 1.54) is 7.11 Å². The highest BCUT2D eigenvalue weighted by Gasteiger charge is 2.21. The minimum atomic E-state index is -3.55. The molecule has 0 fully saturated rings. The predicted octanol–water partition coefficient (Wildman–Crippen LogP) is 1.29. The van der Waals surface area contributed by atoms with Gasteiger partial charge in [-0.2, -0.15) is 0 Å². The first kappa shape index (κ1) is 12.7. The number of hydrogen-bond acceptors (Lipinski definition) is 4. The maximum absolute atomic E-state index is 10.9. The second-order valence-corrected chi connectivity index (χ2v) is 5.53. The molecule has 0 aliphatic carbocycles. The molecule has 0 aromatic rings. The third-order valence-corrected chi connectivity index (χ3v) is 3.87. The second-order valence-electron chi connectivity index (χ2n) is 2.62. The Morgan fingerprint density at radius 2 is 2.08 bits per heavy atom. The van der Waals surface area contributed by atoms with Gasteiger partial charge in [0.1, 0.15) is 0 Å². The molecule has 0 saturated heterocycles. The molecule has 0 saturated carbocycles. The van der Waals surface area contributed by atoms with Crippen LogP contribution in [0.4, 0.5) is 0 Å². The fourth-order valence-electron chi connectivity index (χ4n) is 0.925. The molecular formula is C7H13ClO4S. The quantitative estimate of drug-likeness (QED) is 0.526. The molecule has 0 bridgehead atoms. The number of halogens is 1. The molecule has 0 rings (SSSR count). The molecule has 6 heteroatoms. The Hall–Kier alpha value is -0.290. The van der Waals surface area contributed by atoms with Crippen LogP contribution in [-0.4, -0.2) is 26.7 Å². The Balaban J connectivity index is 4.09. The molecular weight excluding hydrogens is 216 g/mol. The van der Waals surface area contributed by atoms with Crippen LogP contribution in [0, 0.1) is 0 Å². The highest BCUT2D eigenvalue weighted by Crippen LogP contribution is 2.16. The zero-order valence-corrected chi connectivity index (χ0v) is 9.19. The normalized spacial score (nSPS) is 13.8. The smallest absolute Gasteiger partial charge is 0.305 e. The average Bonchev–Trinajstić information content (AvgIpc) is 2.02. The van der Waals surface area contributed by atoms with Gasteiger partial charge in [-0.05, 0) is 12.8 Å². The SMILES string of the molecule is CCC(CCC(=O)OC)S(=O)(=O)Cl. The van der Waals surface area contributed by atoms with Gasteiger partial charge in [-0.3, -0.25) is 4.79 Å². The van der Waals surface area contributed by atoms with E-state index in [2.05, 4.69) is 4.74 Å². The van der Waals surface area contributed by atoms with Crippen molar-refractivity contribution < 1.29 is 17.9 Å². The van der Waals surface area contributed by atoms with E-state index in [4.69, 9.17) is 10.7 Å². The minimum Gasteiger partial charge on any atom is -0.469 e. The van der Waals surface area contributed by atoms with Gasteiger partial charge in [-0.1, -0.05) is 6.92 Å². The van der Waals surface area contributed by atoms with Crippen molar-refractivity contribution in [2.75, 3.05) is 7.11 Å². The fourth-order valence-corrected chi connectivity index (χ4v) is 2.37. The van der Waals surface area contributed by atoms with Crippen LogP contribution in [0.1, 0.15) is 26.2 Å². The molecule has 1 atom stereocenters. The number of methoxy groups -OCH3 is 1. The van der Waals surface area contributed by atoms with Crippen molar-refractivity contribution in [3.8, 4) is 0 Å². The van der Waals surface area contributed by atoms with E-state index in [1.54, 1.807) is 6.92 Å². The van der Waals surface area contributed by atoms with Gasteiger partial charge < -0.3 is 4.74 Å². The van der Waals surface area contributed by atoms with Gasteiger partial charge in [-0.15, -0.1) is 0 Å². The van der Waals surface area contributed by atoms with Gasteiger partial charge in [0.25, 0.3) is 0 Å². The van der Waals surface area contributed by atoms with Crippen LogP contribution in [0.5, 0.6) is 0 Å². The van der Waals surface area contributed by atoms with Crippen molar-refractivity contribution in [1.82, 2.24) is 0 Å². The van der Waals surface area contributed by atoms with Crippen LogP contribution in [-0.2, 0) is 18.6 Å². The minimum absolute atomic E-state index is 0.0843. The first-order chi connectivity index (χ1) is 5.91. The number of ether oxygens (including phenoxy) is 1. The summed E-state index contributed by atoms with van der Waals surface area (Å²) >= 11 is 0. The number of carbonyl (C=O) groups is 1. The summed E-state index contributed by atoms with van der Waals surface area (Å²) in [5.41, 5.74) is 0. The van der Waals surface area contributed by atoms with Crippen LogP contribution >= 0.6 is 10.7 Å². The fraction of sp³-hybridized carbons (Fsp3) is 0.857. The summed E-state index contributed by atoms with van der Waals surface area (Å²) in [6.07, 6.45) is 0.707. The number of carbonyl (C=O) groups excluding carboxylic acids is 1. The molecule has 0 aromatic heterocycles. The molecule has 1 unspecified atom stereocenters. The standard InChI is InChI=1S/C7H13ClO4S/c1-3-6(13(8,10)11)4-5-7(9)12-2/h6H,3-5H2,1-2H3. The Bertz CT molecular complexity index is 260. The maximum atomic E-state index is 10.9. The van der Waals surface area contributed by atoms with Gasteiger partial charge in [0, 0.05) is 17.1 Å². The first-order valence-electron chi connectivity index (χ1n) is 3.92. The van der Waals surface area contributed by atoms with Crippen LogP contribution in [0.2, 0.25) is 0 Å². The van der Waals surface area contributed by atoms with Gasteiger partial charge in [0.05, 0.1) is 12.4 Å². The summed E-state index contributed by atoms with van der Waals surface area (Å²) in [7, 11) is 2.85. The Morgan fingerprint density at radius 3 is 2.38 bits per heavy atom. The summed E-state index contributed by atoms with van der Waals surface area (Å²) < 4.78 is 26.1. The largest absolute Gasteiger partial charge is 0.469 e. The van der Waals surface area contributed by atoms with Crippen molar-refractivity contribution in [3.05, 3.63) is 0 Å². The van der Waals surface area contributed by atoms with Gasteiger partial charge >= 0.3 is 5.97 Å². The summed E-state index contributed by atoms with van der Waals surface area (Å²) in [5.74, 6) is -0.418. The highest BCUT2D eigenvalue weighted by atomic mass is 35.7. The van der Waals surface area contributed by atoms with E-state index >= 15 is 0 Å². The van der Waals surface area contributed by atoms with Crippen LogP contribution < -0.4 is 0 Å². The molecule has 0 N–H and O–H groups in total. The van der Waals surface area contributed by atoms with Gasteiger partial charge in [0.15, 0.2) is 0 Å². The van der Waals surface area contributed by atoms with E-state index < -0.39 is 20.3 Å². The van der Waals surface area contributed by atoms with E-state index in [-0.39, 0.29) is 12.8 Å². The van der Waals surface area contributed by atoms with Gasteiger partial charge in [-0.25, -0.2) is 8.42 Å². The Labute approximate surface area is 82.6 Å². The van der Waals surface area contributed by atoms with E-state index in [9.17, 15) is 13.2 Å². The molecule has 78 valence electrons. The molecule has 0 spiro atoms. The maximum Gasteiger partial charge on any atom is 0.305 e. The molecule has 0 aromatic carbocycles. The number of hydrogen-bond donors (Lipinski definition) is 0. The molecule has 4 nitrogen and oxygen atoms in total. The van der Waals surface area contributed by atoms with Crippen molar-refractivity contribution in [3.63, 3.8) is 0 Å². The molecule has 0 amide bonds. The molecule has 13 heavy (non-hydrogen) atoms. The lowest BCUT2D eigenvalue weighted by Crippen LogP contribution is -2.17. The molecule has 0 radical (unpaired) electrons. The Morgan fingerprint density at radius 1 is 1.54 bits per heavy atom. The van der Waals surface area contributed by atoms with Crippen molar-refractivity contribution in [1.29, 1.82) is 0 Å². The van der Waals surface area contributed by atoms with Gasteiger partial charge in [0.2, 0.25) is 9.05 Å². The monoisotopic (exact) mass is 228 g/mol. The zero-order valence-electron chi connectivity index (χ0n) is 7.62. The molecule has 0 aliphatic heterocycles. The summed E-state index contributed by atoms with van der Waals surface area (Å²) in [5, 5.41) is -0.659. The summed E-state index contributed by atoms with van der Waals surface area (Å²) in [6, 6.07) is 0. The second kappa shape index (κ2) is 5.44. The third-order valence-electron chi connectivity index (χ3n) is 1.75. The first-order valence-corrected chi connectivity index (χ1v) is 6.29. The average molecular weight is 229 g/mol. The third kappa shape index (κ3) is 5.10. The van der Waals surface area contributed by atoms with Crippen molar-refractivity contribution >= 4 is 25.7 Å². The van der Waals surface area contributed by atoms with Crippen LogP contribution in [0.15, 0.2) is 0 Å². The lowest BCUT2D eigenvalue weighted by molar-refractivity contribution is -0.140. The summed E-state index contributed by atoms with van der Waals surface area (Å²) in [4.78, 5) is 10.7. The highest BCUT2D eigenvalue weighted by molar-refractivity contribution is 8.14.